The number of aromatic nitrogens is 3. The van der Waals surface area contributed by atoms with Crippen molar-refractivity contribution in [2.75, 3.05) is 31.2 Å². The molecule has 1 fully saturated rings. The van der Waals surface area contributed by atoms with Crippen LogP contribution in [0.3, 0.4) is 0 Å². The van der Waals surface area contributed by atoms with Crippen molar-refractivity contribution in [2.45, 2.75) is 19.3 Å². The Bertz CT molecular complexity index is 1440. The number of halogens is 5. The molecule has 3 heterocycles. The smallest absolute Gasteiger partial charge is 0.475 e. The molecule has 2 N–H and O–H groups in total. The monoisotopic (exact) mass is 561 g/mol. The van der Waals surface area contributed by atoms with Gasteiger partial charge in [-0.05, 0) is 54.1 Å². The minimum Gasteiger partial charge on any atom is -0.475 e. The third-order valence-corrected chi connectivity index (χ3v) is 5.79. The number of rotatable bonds is 6. The first-order valence-electron chi connectivity index (χ1n) is 12.1. The summed E-state index contributed by atoms with van der Waals surface area (Å²) in [6, 6.07) is 16.5. The summed E-state index contributed by atoms with van der Waals surface area (Å²) in [4.78, 5) is 25.4. The first-order valence-corrected chi connectivity index (χ1v) is 12.1. The molecule has 0 unspecified atom stereocenters. The van der Waals surface area contributed by atoms with Crippen LogP contribution in [0.4, 0.5) is 27.8 Å². The van der Waals surface area contributed by atoms with E-state index in [-0.39, 0.29) is 11.6 Å². The molecule has 1 saturated heterocycles. The molecule has 0 saturated carbocycles. The van der Waals surface area contributed by atoms with E-state index in [1.165, 1.54) is 24.3 Å². The van der Waals surface area contributed by atoms with Gasteiger partial charge in [0, 0.05) is 25.2 Å². The molecular weight excluding hydrogens is 537 g/mol. The SMILES string of the molecule is Fc1ccc(CNCc2nc(N3CCOCC3)c3nc(-c4ccc(F)cc4)ccc3n2)cc1.O=C(O)C(F)(F)F. The molecule has 0 atom stereocenters. The lowest BCUT2D eigenvalue weighted by molar-refractivity contribution is -0.192. The van der Waals surface area contributed by atoms with Crippen LogP contribution in [0, 0.1) is 11.6 Å². The standard InChI is InChI=1S/C25H23F2N5O.C2HF3O2/c26-19-5-1-17(2-6-19)15-28-16-23-29-22-10-9-21(18-3-7-20(27)8-4-18)30-24(22)25(31-23)32-11-13-33-14-12-32;3-2(4,5)1(6)7/h1-10,28H,11-16H2;(H,6,7). The van der Waals surface area contributed by atoms with Gasteiger partial charge in [-0.2, -0.15) is 13.2 Å². The van der Waals surface area contributed by atoms with Gasteiger partial charge < -0.3 is 20.1 Å². The van der Waals surface area contributed by atoms with Gasteiger partial charge in [0.15, 0.2) is 5.82 Å². The molecule has 0 radical (unpaired) electrons. The number of nitrogens with one attached hydrogen (secondary N) is 1. The summed E-state index contributed by atoms with van der Waals surface area (Å²) in [6.07, 6.45) is -5.08. The highest BCUT2D eigenvalue weighted by Crippen LogP contribution is 2.27. The fourth-order valence-corrected chi connectivity index (χ4v) is 3.82. The summed E-state index contributed by atoms with van der Waals surface area (Å²) >= 11 is 0. The summed E-state index contributed by atoms with van der Waals surface area (Å²) in [5, 5.41) is 10.5. The zero-order valence-corrected chi connectivity index (χ0v) is 21.0. The molecule has 210 valence electrons. The normalized spacial score (nSPS) is 13.6. The van der Waals surface area contributed by atoms with Gasteiger partial charge in [0.1, 0.15) is 23.0 Å². The van der Waals surface area contributed by atoms with Crippen molar-refractivity contribution in [3.63, 3.8) is 0 Å². The van der Waals surface area contributed by atoms with Gasteiger partial charge in [-0.25, -0.2) is 28.5 Å². The van der Waals surface area contributed by atoms with Crippen molar-refractivity contribution < 1.29 is 36.6 Å². The van der Waals surface area contributed by atoms with Crippen molar-refractivity contribution in [2.24, 2.45) is 0 Å². The first kappa shape index (κ1) is 28.8. The van der Waals surface area contributed by atoms with E-state index in [9.17, 15) is 22.0 Å². The van der Waals surface area contributed by atoms with Gasteiger partial charge in [0.25, 0.3) is 0 Å². The molecule has 1 aliphatic rings. The average molecular weight is 562 g/mol. The molecule has 0 spiro atoms. The quantitative estimate of drug-likeness (QED) is 0.326. The van der Waals surface area contributed by atoms with Crippen molar-refractivity contribution >= 4 is 22.8 Å². The van der Waals surface area contributed by atoms with E-state index in [4.69, 9.17) is 29.6 Å². The Kier molecular flexibility index (Phi) is 9.17. The molecule has 2 aromatic heterocycles. The number of hydrogen-bond donors (Lipinski definition) is 2. The number of carbonyl (C=O) groups is 1. The fraction of sp³-hybridized carbons (Fsp3) is 0.259. The van der Waals surface area contributed by atoms with Crippen LogP contribution in [0.5, 0.6) is 0 Å². The predicted molar refractivity (Wildman–Crippen MR) is 136 cm³/mol. The Hall–Kier alpha value is -4.23. The molecule has 5 rings (SSSR count). The number of pyridine rings is 1. The Labute approximate surface area is 225 Å². The van der Waals surface area contributed by atoms with Crippen LogP contribution in [0.15, 0.2) is 60.7 Å². The number of aliphatic carboxylic acids is 1. The molecule has 1 aliphatic heterocycles. The number of benzene rings is 2. The van der Waals surface area contributed by atoms with Crippen LogP contribution in [0.25, 0.3) is 22.3 Å². The molecule has 0 aliphatic carbocycles. The Morgan fingerprint density at radius 3 is 2.08 bits per heavy atom. The number of carboxylic acid groups (broad SMARTS) is 1. The van der Waals surface area contributed by atoms with E-state index in [0.717, 1.165) is 41.2 Å². The highest BCUT2D eigenvalue weighted by Gasteiger charge is 2.38. The van der Waals surface area contributed by atoms with Crippen molar-refractivity contribution in [3.8, 4) is 11.3 Å². The summed E-state index contributed by atoms with van der Waals surface area (Å²) in [7, 11) is 0. The number of nitrogens with zero attached hydrogens (tertiary/aromatic N) is 4. The zero-order valence-electron chi connectivity index (χ0n) is 21.0. The van der Waals surface area contributed by atoms with Gasteiger partial charge >= 0.3 is 12.1 Å². The lowest BCUT2D eigenvalue weighted by Crippen LogP contribution is -2.37. The number of anilines is 1. The molecule has 8 nitrogen and oxygen atoms in total. The number of alkyl halides is 3. The van der Waals surface area contributed by atoms with Crippen LogP contribution >= 0.6 is 0 Å². The summed E-state index contributed by atoms with van der Waals surface area (Å²) < 4.78 is 63.7. The van der Waals surface area contributed by atoms with Crippen LogP contribution in [-0.4, -0.2) is 58.5 Å². The fourth-order valence-electron chi connectivity index (χ4n) is 3.82. The minimum atomic E-state index is -5.08. The average Bonchev–Trinajstić information content (AvgIpc) is 2.94. The molecular formula is C27H24F5N5O3. The summed E-state index contributed by atoms with van der Waals surface area (Å²) in [6.45, 7) is 3.73. The second-order valence-electron chi connectivity index (χ2n) is 8.67. The van der Waals surface area contributed by atoms with Crippen molar-refractivity contribution in [3.05, 3.63) is 83.7 Å². The van der Waals surface area contributed by atoms with E-state index in [2.05, 4.69) is 10.2 Å². The molecule has 2 aromatic carbocycles. The maximum atomic E-state index is 13.4. The second kappa shape index (κ2) is 12.7. The Morgan fingerprint density at radius 2 is 1.48 bits per heavy atom. The van der Waals surface area contributed by atoms with E-state index in [0.29, 0.717) is 37.6 Å². The minimum absolute atomic E-state index is 0.251. The molecule has 0 amide bonds. The molecule has 0 bridgehead atoms. The first-order chi connectivity index (χ1) is 19.1. The summed E-state index contributed by atoms with van der Waals surface area (Å²) in [5.74, 6) is -1.87. The highest BCUT2D eigenvalue weighted by atomic mass is 19.4. The van der Waals surface area contributed by atoms with Gasteiger partial charge in [-0.3, -0.25) is 0 Å². The highest BCUT2D eigenvalue weighted by molar-refractivity contribution is 5.87. The van der Waals surface area contributed by atoms with E-state index < -0.39 is 12.1 Å². The van der Waals surface area contributed by atoms with E-state index in [1.54, 1.807) is 24.3 Å². The maximum absolute atomic E-state index is 13.4. The lowest BCUT2D eigenvalue weighted by atomic mass is 10.1. The van der Waals surface area contributed by atoms with Gasteiger partial charge in [0.05, 0.1) is 31.0 Å². The molecule has 13 heteroatoms. The largest absolute Gasteiger partial charge is 0.490 e. The predicted octanol–water partition coefficient (Wildman–Crippen LogP) is 4.73. The van der Waals surface area contributed by atoms with E-state index >= 15 is 0 Å². The van der Waals surface area contributed by atoms with Crippen LogP contribution < -0.4 is 10.2 Å². The third kappa shape index (κ3) is 7.67. The Balaban J connectivity index is 0.000000470. The lowest BCUT2D eigenvalue weighted by Gasteiger charge is -2.28. The zero-order chi connectivity index (χ0) is 28.7. The summed E-state index contributed by atoms with van der Waals surface area (Å²) in [5.41, 5.74) is 4.01. The van der Waals surface area contributed by atoms with Crippen LogP contribution in [-0.2, 0) is 22.6 Å². The number of carboxylic acids is 1. The molecule has 40 heavy (non-hydrogen) atoms. The van der Waals surface area contributed by atoms with Crippen molar-refractivity contribution in [1.29, 1.82) is 0 Å². The Morgan fingerprint density at radius 1 is 0.875 bits per heavy atom. The molecule has 4 aromatic rings. The third-order valence-electron chi connectivity index (χ3n) is 5.79. The van der Waals surface area contributed by atoms with Crippen LogP contribution in [0.2, 0.25) is 0 Å². The number of ether oxygens (including phenoxy) is 1. The van der Waals surface area contributed by atoms with E-state index in [1.807, 2.05) is 12.1 Å². The van der Waals surface area contributed by atoms with Crippen molar-refractivity contribution in [1.82, 2.24) is 20.3 Å². The van der Waals surface area contributed by atoms with Crippen LogP contribution in [0.1, 0.15) is 11.4 Å². The topological polar surface area (TPSA) is 100 Å². The number of morpholine rings is 1. The maximum Gasteiger partial charge on any atom is 0.490 e. The van der Waals surface area contributed by atoms with Gasteiger partial charge in [-0.15, -0.1) is 0 Å². The van der Waals surface area contributed by atoms with Gasteiger partial charge in [0.2, 0.25) is 0 Å². The second-order valence-corrected chi connectivity index (χ2v) is 8.67. The van der Waals surface area contributed by atoms with Gasteiger partial charge in [-0.1, -0.05) is 12.1 Å². The number of hydrogen-bond acceptors (Lipinski definition) is 7. The number of fused-ring (bicyclic) bond motifs is 1.